The lowest BCUT2D eigenvalue weighted by Gasteiger charge is -2.33. The molecule has 1 atom stereocenters. The predicted octanol–water partition coefficient (Wildman–Crippen LogP) is 7.54. The Hall–Kier alpha value is -2.87. The summed E-state index contributed by atoms with van der Waals surface area (Å²) >= 11 is 10.3. The molecule has 200 valence electrons. The van der Waals surface area contributed by atoms with E-state index in [1.807, 2.05) is 66.9 Å². The highest BCUT2D eigenvalue weighted by Crippen LogP contribution is 2.37. The minimum atomic E-state index is 0.000318. The van der Waals surface area contributed by atoms with E-state index in [0.717, 1.165) is 39.9 Å². The molecule has 0 spiro atoms. The van der Waals surface area contributed by atoms with E-state index in [9.17, 15) is 9.90 Å². The number of imidazole rings is 1. The van der Waals surface area contributed by atoms with E-state index in [2.05, 4.69) is 29.8 Å². The second-order valence-electron chi connectivity index (χ2n) is 10.4. The van der Waals surface area contributed by atoms with Crippen molar-refractivity contribution in [1.82, 2.24) is 13.9 Å². The molecule has 0 aliphatic carbocycles. The summed E-state index contributed by atoms with van der Waals surface area (Å²) in [5.74, 6) is 1.28. The van der Waals surface area contributed by atoms with Crippen LogP contribution in [0.1, 0.15) is 51.1 Å². The molecule has 2 heterocycles. The van der Waals surface area contributed by atoms with Crippen molar-refractivity contribution in [3.63, 3.8) is 0 Å². The molecule has 0 saturated carbocycles. The number of hydrogen-bond donors (Lipinski definition) is 1. The van der Waals surface area contributed by atoms with Gasteiger partial charge >= 0.3 is 6.41 Å². The lowest BCUT2D eigenvalue weighted by atomic mass is 10.0. The van der Waals surface area contributed by atoms with Gasteiger partial charge in [-0.05, 0) is 62.6 Å². The number of carbonyl (C=O) groups is 1. The van der Waals surface area contributed by atoms with Crippen LogP contribution < -0.4 is 9.22 Å². The normalized spacial score (nSPS) is 13.3. The van der Waals surface area contributed by atoms with Crippen molar-refractivity contribution in [2.24, 2.45) is 5.92 Å². The average molecular weight is 600 g/mol. The topological polar surface area (TPSA) is 63.8 Å². The van der Waals surface area contributed by atoms with Crippen LogP contribution in [0, 0.1) is 5.92 Å². The highest BCUT2D eigenvalue weighted by Gasteiger charge is 2.36. The van der Waals surface area contributed by atoms with Gasteiger partial charge < -0.3 is 14.2 Å². The van der Waals surface area contributed by atoms with Crippen molar-refractivity contribution in [3.05, 3.63) is 87.2 Å². The zero-order chi connectivity index (χ0) is 27.4. The fourth-order valence-corrected chi connectivity index (χ4v) is 5.41. The number of hydrogen-bond acceptors (Lipinski definition) is 4. The lowest BCUT2D eigenvalue weighted by Crippen LogP contribution is -2.49. The summed E-state index contributed by atoms with van der Waals surface area (Å²) in [6.45, 7) is 9.11. The van der Waals surface area contributed by atoms with Crippen LogP contribution in [0.25, 0.3) is 5.65 Å². The van der Waals surface area contributed by atoms with E-state index in [0.29, 0.717) is 41.9 Å². The monoisotopic (exact) mass is 598 g/mol. The van der Waals surface area contributed by atoms with Gasteiger partial charge in [0.25, 0.3) is 0 Å². The molecule has 0 saturated heterocycles. The lowest BCUT2D eigenvalue weighted by molar-refractivity contribution is -0.118. The Morgan fingerprint density at radius 1 is 1.13 bits per heavy atom. The van der Waals surface area contributed by atoms with Crippen molar-refractivity contribution in [3.8, 4) is 11.5 Å². The predicted molar refractivity (Wildman–Crippen MR) is 157 cm³/mol. The van der Waals surface area contributed by atoms with Crippen LogP contribution in [-0.4, -0.2) is 33.6 Å². The van der Waals surface area contributed by atoms with Gasteiger partial charge in [0.15, 0.2) is 5.69 Å². The summed E-state index contributed by atoms with van der Waals surface area (Å²) in [5, 5.41) is 11.1. The quantitative estimate of drug-likeness (QED) is 0.143. The number of benzene rings is 2. The van der Waals surface area contributed by atoms with Crippen molar-refractivity contribution in [2.45, 2.75) is 53.2 Å². The summed E-state index contributed by atoms with van der Waals surface area (Å²) in [6.07, 6.45) is 4.23. The molecule has 4 aromatic rings. The van der Waals surface area contributed by atoms with Crippen LogP contribution in [-0.2, 0) is 17.8 Å². The van der Waals surface area contributed by atoms with E-state index in [-0.39, 0.29) is 16.3 Å². The summed E-state index contributed by atoms with van der Waals surface area (Å²) in [7, 11) is 0. The molecule has 4 rings (SSSR count). The third-order valence-corrected chi connectivity index (χ3v) is 7.42. The van der Waals surface area contributed by atoms with Crippen LogP contribution in [0.4, 0.5) is 5.69 Å². The number of phenols is 1. The largest absolute Gasteiger partial charge is 0.508 e. The highest BCUT2D eigenvalue weighted by atomic mass is 79.9. The number of carbonyl (C=O) groups excluding carboxylic acids is 1. The number of aromatic nitrogens is 2. The molecule has 0 aliphatic rings. The smallest absolute Gasteiger partial charge is 0.306 e. The maximum absolute atomic E-state index is 13.0. The van der Waals surface area contributed by atoms with E-state index >= 15 is 0 Å². The van der Waals surface area contributed by atoms with Gasteiger partial charge in [-0.25, -0.2) is 14.3 Å². The van der Waals surface area contributed by atoms with Crippen molar-refractivity contribution >= 4 is 45.3 Å². The Bertz CT molecular complexity index is 1440. The van der Waals surface area contributed by atoms with E-state index in [1.165, 1.54) is 0 Å². The first kappa shape index (κ1) is 28.1. The maximum Gasteiger partial charge on any atom is 0.306 e. The first-order chi connectivity index (χ1) is 18.1. The van der Waals surface area contributed by atoms with Crippen LogP contribution in [0.2, 0.25) is 5.02 Å². The fourth-order valence-electron chi connectivity index (χ4n) is 4.67. The van der Waals surface area contributed by atoms with Crippen LogP contribution in [0.3, 0.4) is 0 Å². The summed E-state index contributed by atoms with van der Waals surface area (Å²) in [5.41, 5.74) is 3.97. The van der Waals surface area contributed by atoms with Gasteiger partial charge in [-0.2, -0.15) is 0 Å². The zero-order valence-corrected chi connectivity index (χ0v) is 24.5. The minimum Gasteiger partial charge on any atom is -0.508 e. The van der Waals surface area contributed by atoms with Gasteiger partial charge in [0, 0.05) is 34.8 Å². The number of pyridine rings is 1. The second kappa shape index (κ2) is 11.9. The van der Waals surface area contributed by atoms with Gasteiger partial charge in [0.05, 0.1) is 18.3 Å². The zero-order valence-electron chi connectivity index (χ0n) is 22.2. The number of aromatic hydroxyl groups is 1. The molecule has 1 unspecified atom stereocenters. The number of rotatable bonds is 11. The molecular weight excluding hydrogens is 566 g/mol. The number of fused-ring (bicyclic) bond motifs is 1. The third kappa shape index (κ3) is 6.22. The number of ether oxygens (including phenoxy) is 1. The molecule has 0 bridgehead atoms. The highest BCUT2D eigenvalue weighted by molar-refractivity contribution is 9.10. The Morgan fingerprint density at radius 2 is 1.92 bits per heavy atom. The number of phenolic OH excluding ortho intramolecular Hbond substituents is 1. The van der Waals surface area contributed by atoms with E-state index < -0.39 is 0 Å². The molecule has 1 amide bonds. The molecule has 38 heavy (non-hydrogen) atoms. The molecular formula is C30H34BrClN3O3+. The minimum absolute atomic E-state index is 0.000318. The van der Waals surface area contributed by atoms with Crippen LogP contribution in [0.5, 0.6) is 11.5 Å². The SMILES string of the molecule is CC(C)CC[N+](C=O)(Cc1nc2ccccn2c1Cc1cc(Br)ccc1O)c1ccc(OC(C)C)cc1Cl. The van der Waals surface area contributed by atoms with Crippen molar-refractivity contribution < 1.29 is 14.6 Å². The summed E-state index contributed by atoms with van der Waals surface area (Å²) in [6, 6.07) is 16.8. The first-order valence-electron chi connectivity index (χ1n) is 12.8. The average Bonchev–Trinajstić information content (AvgIpc) is 3.20. The van der Waals surface area contributed by atoms with E-state index in [4.69, 9.17) is 21.3 Å². The number of nitrogens with zero attached hydrogens (tertiary/aromatic N) is 3. The van der Waals surface area contributed by atoms with Gasteiger partial charge in [0.1, 0.15) is 34.4 Å². The standard InChI is InChI=1S/C30H33BrClN3O3/c1-20(2)12-14-35(19-36,28-10-9-24(17-25(28)32)38-21(3)4)18-26-27(34-13-6-5-7-30(34)33-26)16-22-15-23(31)8-11-29(22)37/h5-11,13,15,17,19-21H,12,14,16,18H2,1-4H3/p+1. The first-order valence-corrected chi connectivity index (χ1v) is 14.0. The second-order valence-corrected chi connectivity index (χ2v) is 11.7. The summed E-state index contributed by atoms with van der Waals surface area (Å²) in [4.78, 5) is 18.0. The van der Waals surface area contributed by atoms with Crippen LogP contribution in [0.15, 0.2) is 65.3 Å². The Kier molecular flexibility index (Phi) is 8.81. The molecule has 2 aromatic carbocycles. The van der Waals surface area contributed by atoms with Gasteiger partial charge in [-0.3, -0.25) is 0 Å². The Labute approximate surface area is 237 Å². The molecule has 8 heteroatoms. The fraction of sp³-hybridized carbons (Fsp3) is 0.333. The van der Waals surface area contributed by atoms with Gasteiger partial charge in [-0.1, -0.05) is 47.4 Å². The van der Waals surface area contributed by atoms with Crippen molar-refractivity contribution in [1.29, 1.82) is 0 Å². The maximum atomic E-state index is 13.0. The molecule has 0 fully saturated rings. The summed E-state index contributed by atoms with van der Waals surface area (Å²) < 4.78 is 8.74. The molecule has 6 nitrogen and oxygen atoms in total. The molecule has 0 radical (unpaired) electrons. The Morgan fingerprint density at radius 3 is 2.61 bits per heavy atom. The Balaban J connectivity index is 1.83. The number of quaternary nitrogens is 1. The van der Waals surface area contributed by atoms with Gasteiger partial charge in [-0.15, -0.1) is 0 Å². The van der Waals surface area contributed by atoms with Crippen LogP contribution >= 0.6 is 27.5 Å². The third-order valence-electron chi connectivity index (χ3n) is 6.62. The molecule has 1 N–H and O–H groups in total. The number of halogens is 2. The molecule has 0 aliphatic heterocycles. The van der Waals surface area contributed by atoms with E-state index in [1.54, 1.807) is 12.1 Å². The van der Waals surface area contributed by atoms with Gasteiger partial charge in [0.2, 0.25) is 0 Å². The molecule has 2 aromatic heterocycles. The van der Waals surface area contributed by atoms with Crippen molar-refractivity contribution in [2.75, 3.05) is 6.54 Å². The number of amides is 1.